The maximum absolute atomic E-state index is 13.0. The summed E-state index contributed by atoms with van der Waals surface area (Å²) in [5.41, 5.74) is -1.24. The van der Waals surface area contributed by atoms with Crippen LogP contribution >= 0.6 is 23.4 Å². The number of hydrogen-bond acceptors (Lipinski definition) is 5. The van der Waals surface area contributed by atoms with E-state index in [1.807, 2.05) is 0 Å². The number of carbonyl (C=O) groups is 1. The van der Waals surface area contributed by atoms with E-state index < -0.39 is 43.7 Å². The van der Waals surface area contributed by atoms with Crippen molar-refractivity contribution in [2.45, 2.75) is 24.0 Å². The zero-order valence-electron chi connectivity index (χ0n) is 13.0. The third-order valence-electron chi connectivity index (χ3n) is 3.49. The number of alkyl halides is 3. The van der Waals surface area contributed by atoms with Gasteiger partial charge in [0.25, 0.3) is 0 Å². The van der Waals surface area contributed by atoms with Crippen LogP contribution in [0.4, 0.5) is 13.2 Å². The van der Waals surface area contributed by atoms with Gasteiger partial charge in [0, 0.05) is 18.1 Å². The number of ether oxygens (including phenoxy) is 1. The zero-order chi connectivity index (χ0) is 18.8. The van der Waals surface area contributed by atoms with Gasteiger partial charge in [0.15, 0.2) is 0 Å². The average Bonchev–Trinajstić information content (AvgIpc) is 2.54. The molecule has 1 atom stereocenters. The Morgan fingerprint density at radius 3 is 2.72 bits per heavy atom. The van der Waals surface area contributed by atoms with Gasteiger partial charge in [-0.3, -0.25) is 4.79 Å². The molecule has 1 aliphatic heterocycles. The highest BCUT2D eigenvalue weighted by Gasteiger charge is 2.40. The smallest absolute Gasteiger partial charge is 0.417 e. The number of nitrogens with zero attached hydrogens (tertiary/aromatic N) is 1. The SMILES string of the molecule is CCOC(=O)C1CSCCN1S(=O)(=O)c1ccc(Cl)c(C(F)(F)F)c1. The summed E-state index contributed by atoms with van der Waals surface area (Å²) >= 11 is 6.91. The largest absolute Gasteiger partial charge is 0.465 e. The van der Waals surface area contributed by atoms with Crippen molar-refractivity contribution < 1.29 is 31.1 Å². The van der Waals surface area contributed by atoms with Gasteiger partial charge < -0.3 is 4.74 Å². The molecule has 1 heterocycles. The molecular formula is C14H15ClF3NO4S2. The average molecular weight is 418 g/mol. The van der Waals surface area contributed by atoms with Crippen LogP contribution in [0, 0.1) is 0 Å². The normalized spacial score (nSPS) is 19.6. The first-order valence-corrected chi connectivity index (χ1v) is 10.2. The fourth-order valence-corrected chi connectivity index (χ4v) is 5.39. The zero-order valence-corrected chi connectivity index (χ0v) is 15.4. The van der Waals surface area contributed by atoms with Crippen molar-refractivity contribution in [1.82, 2.24) is 4.31 Å². The standard InChI is InChI=1S/C14H15ClF3NO4S2/c1-2-23-13(20)12-8-24-6-5-19(12)25(21,22)9-3-4-11(15)10(7-9)14(16,17)18/h3-4,7,12H,2,5-6,8H2,1H3. The molecule has 5 nitrogen and oxygen atoms in total. The summed E-state index contributed by atoms with van der Waals surface area (Å²) in [5.74, 6) is -0.115. The highest BCUT2D eigenvalue weighted by Crippen LogP contribution is 2.37. The number of halogens is 4. The number of rotatable bonds is 4. The summed E-state index contributed by atoms with van der Waals surface area (Å²) in [6.07, 6.45) is -4.79. The van der Waals surface area contributed by atoms with Crippen LogP contribution in [-0.2, 0) is 25.7 Å². The van der Waals surface area contributed by atoms with Crippen LogP contribution in [0.25, 0.3) is 0 Å². The van der Waals surface area contributed by atoms with Crippen LogP contribution in [-0.4, -0.2) is 49.4 Å². The van der Waals surface area contributed by atoms with Gasteiger partial charge >= 0.3 is 12.1 Å². The van der Waals surface area contributed by atoms with Crippen molar-refractivity contribution in [2.24, 2.45) is 0 Å². The second-order valence-corrected chi connectivity index (χ2v) is 8.55. The van der Waals surface area contributed by atoms with Crippen molar-refractivity contribution in [1.29, 1.82) is 0 Å². The molecule has 2 rings (SSSR count). The predicted octanol–water partition coefficient (Wildman–Crippen LogP) is 3.03. The Kier molecular flexibility index (Phi) is 6.29. The molecule has 1 aliphatic rings. The Labute approximate surface area is 152 Å². The van der Waals surface area contributed by atoms with Gasteiger partial charge in [-0.2, -0.15) is 29.2 Å². The fraction of sp³-hybridized carbons (Fsp3) is 0.500. The van der Waals surface area contributed by atoms with Crippen molar-refractivity contribution in [2.75, 3.05) is 24.7 Å². The molecule has 1 aromatic carbocycles. The van der Waals surface area contributed by atoms with Crippen LogP contribution in [0.15, 0.2) is 23.1 Å². The molecule has 11 heteroatoms. The van der Waals surface area contributed by atoms with Crippen LogP contribution in [0.1, 0.15) is 12.5 Å². The van der Waals surface area contributed by atoms with E-state index in [1.54, 1.807) is 6.92 Å². The number of thioether (sulfide) groups is 1. The molecule has 0 saturated carbocycles. The molecule has 0 aliphatic carbocycles. The second kappa shape index (κ2) is 7.73. The van der Waals surface area contributed by atoms with E-state index in [4.69, 9.17) is 16.3 Å². The lowest BCUT2D eigenvalue weighted by Gasteiger charge is -2.32. The Bertz CT molecular complexity index is 755. The topological polar surface area (TPSA) is 63.7 Å². The summed E-state index contributed by atoms with van der Waals surface area (Å²) in [5, 5.41) is -0.595. The Balaban J connectivity index is 2.44. The van der Waals surface area contributed by atoms with Crippen LogP contribution in [0.2, 0.25) is 5.02 Å². The molecular weight excluding hydrogens is 403 g/mol. The number of carbonyl (C=O) groups excluding carboxylic acids is 1. The van der Waals surface area contributed by atoms with Crippen molar-refractivity contribution in [3.8, 4) is 0 Å². The molecule has 1 saturated heterocycles. The highest BCUT2D eigenvalue weighted by atomic mass is 35.5. The van der Waals surface area contributed by atoms with Gasteiger partial charge in [-0.1, -0.05) is 11.6 Å². The molecule has 0 amide bonds. The quantitative estimate of drug-likeness (QED) is 0.705. The Morgan fingerprint density at radius 1 is 1.44 bits per heavy atom. The van der Waals surface area contributed by atoms with E-state index in [1.165, 1.54) is 11.8 Å². The lowest BCUT2D eigenvalue weighted by Crippen LogP contribution is -2.50. The minimum absolute atomic E-state index is 0.000455. The second-order valence-electron chi connectivity index (χ2n) is 5.10. The van der Waals surface area contributed by atoms with Gasteiger partial charge in [-0.15, -0.1) is 0 Å². The van der Waals surface area contributed by atoms with E-state index in [0.29, 0.717) is 11.8 Å². The van der Waals surface area contributed by atoms with Gasteiger partial charge in [-0.25, -0.2) is 8.42 Å². The van der Waals surface area contributed by atoms with Crippen LogP contribution in [0.3, 0.4) is 0 Å². The Morgan fingerprint density at radius 2 is 2.12 bits per heavy atom. The van der Waals surface area contributed by atoms with Crippen molar-refractivity contribution >= 4 is 39.4 Å². The molecule has 0 bridgehead atoms. The molecule has 25 heavy (non-hydrogen) atoms. The summed E-state index contributed by atoms with van der Waals surface area (Å²) in [7, 11) is -4.31. The van der Waals surface area contributed by atoms with Gasteiger partial charge in [-0.05, 0) is 25.1 Å². The molecule has 0 radical (unpaired) electrons. The molecule has 0 spiro atoms. The maximum atomic E-state index is 13.0. The third kappa shape index (κ3) is 4.42. The minimum Gasteiger partial charge on any atom is -0.465 e. The summed E-state index contributed by atoms with van der Waals surface area (Å²) in [4.78, 5) is 11.5. The van der Waals surface area contributed by atoms with Gasteiger partial charge in [0.05, 0.1) is 22.1 Å². The summed E-state index contributed by atoms with van der Waals surface area (Å²) < 4.78 is 70.3. The van der Waals surface area contributed by atoms with E-state index in [2.05, 4.69) is 0 Å². The molecule has 1 unspecified atom stereocenters. The first-order chi connectivity index (χ1) is 11.6. The molecule has 0 aromatic heterocycles. The summed E-state index contributed by atoms with van der Waals surface area (Å²) in [6, 6.07) is 1.29. The first-order valence-electron chi connectivity index (χ1n) is 7.22. The van der Waals surface area contributed by atoms with Crippen molar-refractivity contribution in [3.63, 3.8) is 0 Å². The minimum atomic E-state index is -4.79. The molecule has 1 aromatic rings. The number of hydrogen-bond donors (Lipinski definition) is 0. The number of sulfonamides is 1. The van der Waals surface area contributed by atoms with Crippen molar-refractivity contribution in [3.05, 3.63) is 28.8 Å². The van der Waals surface area contributed by atoms with E-state index in [0.717, 1.165) is 16.4 Å². The van der Waals surface area contributed by atoms with Gasteiger partial charge in [0.2, 0.25) is 10.0 Å². The third-order valence-corrected chi connectivity index (χ3v) is 6.74. The van der Waals surface area contributed by atoms with Crippen LogP contribution < -0.4 is 0 Å². The molecule has 1 fully saturated rings. The van der Waals surface area contributed by atoms with E-state index in [9.17, 15) is 26.4 Å². The molecule has 140 valence electrons. The lowest BCUT2D eigenvalue weighted by atomic mass is 10.2. The first kappa shape index (κ1) is 20.3. The van der Waals surface area contributed by atoms with E-state index in [-0.39, 0.29) is 18.9 Å². The van der Waals surface area contributed by atoms with E-state index >= 15 is 0 Å². The fourth-order valence-electron chi connectivity index (χ4n) is 2.32. The Hall–Kier alpha value is -0.970. The van der Waals surface area contributed by atoms with Gasteiger partial charge in [0.1, 0.15) is 6.04 Å². The summed E-state index contributed by atoms with van der Waals surface area (Å²) in [6.45, 7) is 1.66. The number of esters is 1. The molecule has 0 N–H and O–H groups in total. The number of benzene rings is 1. The predicted molar refractivity (Wildman–Crippen MR) is 88.1 cm³/mol. The monoisotopic (exact) mass is 417 g/mol. The maximum Gasteiger partial charge on any atom is 0.417 e. The van der Waals surface area contributed by atoms with Crippen LogP contribution in [0.5, 0.6) is 0 Å². The highest BCUT2D eigenvalue weighted by molar-refractivity contribution is 7.99. The lowest BCUT2D eigenvalue weighted by molar-refractivity contribution is -0.147.